The number of rotatable bonds is 34. The molecule has 19 nitrogen and oxygen atoms in total. The molecule has 0 bridgehead atoms. The fourth-order valence-corrected chi connectivity index (χ4v) is 10.4. The first-order valence-corrected chi connectivity index (χ1v) is 28.7. The number of unbranched alkanes of at least 4 members (excludes halogenated alkanes) is 2. The standard InChI is InChI=1S/C52H77N7O12S2/c1-3-4-9-46-57-49-44(53)35-43-36-45(72-51(43)50(49)59(46)39-40-13-19-64-20-14-40)42-11-17-58(18-12-42)48(61)15-21-65-23-25-67-27-29-69-31-33-71-34-32-70-30-28-68-26-24-66-22-16-54-47(60)10-7-5-6-8-41-37-55-52(56-38-41)73(2,62)63/h35-38,40,42H,3-5,7,9-34,39,53H2,1-2H3,(H,54,60). The van der Waals surface area contributed by atoms with Crippen LogP contribution in [0.15, 0.2) is 29.7 Å². The minimum atomic E-state index is -3.45. The minimum absolute atomic E-state index is 0.0795. The van der Waals surface area contributed by atoms with Gasteiger partial charge < -0.3 is 58.4 Å². The number of nitrogens with one attached hydrogen (secondary N) is 1. The highest BCUT2D eigenvalue weighted by Crippen LogP contribution is 2.42. The molecule has 404 valence electrons. The number of amides is 2. The average molecular weight is 1060 g/mol. The fraction of sp³-hybridized carbons (Fsp3) is 0.673. The van der Waals surface area contributed by atoms with E-state index >= 15 is 0 Å². The Morgan fingerprint density at radius 2 is 1.40 bits per heavy atom. The van der Waals surface area contributed by atoms with E-state index < -0.39 is 9.84 Å². The van der Waals surface area contributed by atoms with Gasteiger partial charge in [-0.1, -0.05) is 25.2 Å². The molecule has 0 unspecified atom stereocenters. The van der Waals surface area contributed by atoms with Crippen molar-refractivity contribution in [3.8, 4) is 11.8 Å². The Labute approximate surface area is 434 Å². The summed E-state index contributed by atoms with van der Waals surface area (Å²) in [6, 6.07) is 4.44. The first-order valence-electron chi connectivity index (χ1n) is 26.0. The number of benzene rings is 1. The van der Waals surface area contributed by atoms with E-state index in [2.05, 4.69) is 50.7 Å². The average Bonchev–Trinajstić information content (AvgIpc) is 3.98. The van der Waals surface area contributed by atoms with E-state index in [-0.39, 0.29) is 17.0 Å². The van der Waals surface area contributed by atoms with E-state index in [0.717, 1.165) is 101 Å². The third-order valence-corrected chi connectivity index (χ3v) is 14.8. The highest BCUT2D eigenvalue weighted by molar-refractivity contribution is 7.90. The smallest absolute Gasteiger partial charge is 0.246 e. The van der Waals surface area contributed by atoms with Crippen LogP contribution in [0.1, 0.15) is 93.3 Å². The molecule has 1 aromatic carbocycles. The van der Waals surface area contributed by atoms with Gasteiger partial charge in [0.05, 0.1) is 120 Å². The van der Waals surface area contributed by atoms with Gasteiger partial charge in [0.1, 0.15) is 11.3 Å². The number of anilines is 1. The van der Waals surface area contributed by atoms with Crippen LogP contribution in [-0.2, 0) is 70.3 Å². The summed E-state index contributed by atoms with van der Waals surface area (Å²) in [5.41, 5.74) is 10.1. The number of hydrogen-bond donors (Lipinski definition) is 2. The number of ether oxygens (including phenoxy) is 8. The molecule has 0 spiro atoms. The predicted octanol–water partition coefficient (Wildman–Crippen LogP) is 5.35. The van der Waals surface area contributed by atoms with Gasteiger partial charge in [-0.05, 0) is 67.9 Å². The van der Waals surface area contributed by atoms with Crippen LogP contribution >= 0.6 is 11.3 Å². The lowest BCUT2D eigenvalue weighted by Gasteiger charge is -2.31. The Bertz CT molecular complexity index is 2440. The summed E-state index contributed by atoms with van der Waals surface area (Å²) in [4.78, 5) is 41.1. The molecule has 0 radical (unpaired) electrons. The van der Waals surface area contributed by atoms with Crippen LogP contribution in [0.3, 0.4) is 0 Å². The van der Waals surface area contributed by atoms with Crippen molar-refractivity contribution in [2.24, 2.45) is 5.92 Å². The van der Waals surface area contributed by atoms with Crippen LogP contribution in [0.25, 0.3) is 21.1 Å². The van der Waals surface area contributed by atoms with Crippen molar-refractivity contribution in [1.29, 1.82) is 0 Å². The number of nitrogens with zero attached hydrogens (tertiary/aromatic N) is 5. The topological polar surface area (TPSA) is 227 Å². The van der Waals surface area contributed by atoms with Crippen molar-refractivity contribution in [2.45, 2.75) is 95.2 Å². The molecule has 5 heterocycles. The predicted molar refractivity (Wildman–Crippen MR) is 279 cm³/mol. The third kappa shape index (κ3) is 20.0. The number of nitrogen functional groups attached to an aromatic ring is 1. The number of imidazole rings is 1. The highest BCUT2D eigenvalue weighted by Gasteiger charge is 2.27. The van der Waals surface area contributed by atoms with E-state index in [1.807, 2.05) is 16.2 Å². The van der Waals surface area contributed by atoms with Gasteiger partial charge in [0, 0.05) is 82.2 Å². The minimum Gasteiger partial charge on any atom is -0.397 e. The fourth-order valence-electron chi connectivity index (χ4n) is 8.57. The number of thiophene rings is 1. The molecule has 2 amide bonds. The molecule has 0 aliphatic carbocycles. The van der Waals surface area contributed by atoms with E-state index in [1.54, 1.807) is 0 Å². The van der Waals surface area contributed by atoms with Crippen molar-refractivity contribution in [3.63, 3.8) is 0 Å². The third-order valence-electron chi connectivity index (χ3n) is 12.6. The zero-order valence-electron chi connectivity index (χ0n) is 42.9. The number of piperidine rings is 1. The molecule has 6 rings (SSSR count). The molecule has 2 aliphatic rings. The first kappa shape index (κ1) is 57.9. The second-order valence-electron chi connectivity index (χ2n) is 18.3. The molecule has 2 fully saturated rings. The summed E-state index contributed by atoms with van der Waals surface area (Å²) >= 11 is 1.89. The maximum absolute atomic E-state index is 13.1. The summed E-state index contributed by atoms with van der Waals surface area (Å²) in [6.45, 7) is 12.8. The number of sulfone groups is 1. The van der Waals surface area contributed by atoms with Gasteiger partial charge in [-0.2, -0.15) is 0 Å². The second-order valence-corrected chi connectivity index (χ2v) is 21.2. The van der Waals surface area contributed by atoms with Crippen LogP contribution in [0.5, 0.6) is 0 Å². The normalized spacial score (nSPS) is 14.8. The lowest BCUT2D eigenvalue weighted by atomic mass is 9.94. The molecule has 2 aliphatic heterocycles. The molecule has 4 aromatic rings. The molecule has 0 atom stereocenters. The van der Waals surface area contributed by atoms with E-state index in [0.29, 0.717) is 142 Å². The lowest BCUT2D eigenvalue weighted by molar-refractivity contribution is -0.133. The maximum atomic E-state index is 13.1. The number of nitrogens with two attached hydrogens (primary N) is 1. The van der Waals surface area contributed by atoms with E-state index in [9.17, 15) is 18.0 Å². The number of carbonyl (C=O) groups is 2. The Kier molecular flexibility index (Phi) is 25.5. The number of aromatic nitrogens is 4. The van der Waals surface area contributed by atoms with Crippen LogP contribution in [0, 0.1) is 17.8 Å². The number of carbonyl (C=O) groups excluding carboxylic acids is 2. The van der Waals surface area contributed by atoms with E-state index in [4.69, 9.17) is 48.6 Å². The molecule has 3 aromatic heterocycles. The molecular formula is C52H77N7O12S2. The monoisotopic (exact) mass is 1060 g/mol. The number of aryl methyl sites for hydroxylation is 1. The quantitative estimate of drug-likeness (QED) is 0.0260. The van der Waals surface area contributed by atoms with Gasteiger partial charge in [-0.15, -0.1) is 11.3 Å². The van der Waals surface area contributed by atoms with Crippen molar-refractivity contribution in [1.82, 2.24) is 29.7 Å². The Morgan fingerprint density at radius 3 is 1.99 bits per heavy atom. The summed E-state index contributed by atoms with van der Waals surface area (Å²) < 4.78 is 71.3. The maximum Gasteiger partial charge on any atom is 0.246 e. The Hall–Kier alpha value is -4.34. The largest absolute Gasteiger partial charge is 0.397 e. The van der Waals surface area contributed by atoms with Crippen LogP contribution < -0.4 is 11.1 Å². The zero-order chi connectivity index (χ0) is 51.5. The molecular weight excluding hydrogens is 979 g/mol. The van der Waals surface area contributed by atoms with E-state index in [1.165, 1.54) is 32.9 Å². The van der Waals surface area contributed by atoms with Crippen molar-refractivity contribution in [3.05, 3.63) is 40.8 Å². The van der Waals surface area contributed by atoms with Gasteiger partial charge in [0.15, 0.2) is 0 Å². The van der Waals surface area contributed by atoms with Gasteiger partial charge in [-0.3, -0.25) is 9.59 Å². The summed E-state index contributed by atoms with van der Waals surface area (Å²) in [5, 5.41) is 3.77. The van der Waals surface area contributed by atoms with Crippen molar-refractivity contribution < 1.29 is 55.9 Å². The number of fused-ring (bicyclic) bond motifs is 3. The van der Waals surface area contributed by atoms with Gasteiger partial charge in [-0.25, -0.2) is 23.4 Å². The van der Waals surface area contributed by atoms with Crippen LogP contribution in [-0.4, -0.2) is 176 Å². The molecule has 73 heavy (non-hydrogen) atoms. The van der Waals surface area contributed by atoms with Gasteiger partial charge in [0.25, 0.3) is 0 Å². The summed E-state index contributed by atoms with van der Waals surface area (Å²) in [6.07, 6.45) is 12.8. The first-order chi connectivity index (χ1) is 35.6. The SMILES string of the molecule is CCCCc1nc2c(N)cc3cc(C4CCN(C(=O)CCOCCOCCOCCOCCOCCOCCOCCNC(=O)CCCC#Cc5cnc(S(C)(=O)=O)nc5)CC4)sc3c2n1CC1CCOCC1. The second kappa shape index (κ2) is 32.2. The Morgan fingerprint density at radius 1 is 0.808 bits per heavy atom. The molecule has 2 saturated heterocycles. The number of likely N-dealkylation sites (tertiary alicyclic amines) is 1. The number of hydrogen-bond acceptors (Lipinski definition) is 17. The molecule has 0 saturated carbocycles. The van der Waals surface area contributed by atoms with Gasteiger partial charge in [0.2, 0.25) is 26.8 Å². The molecule has 21 heteroatoms. The summed E-state index contributed by atoms with van der Waals surface area (Å²) in [7, 11) is -3.45. The highest BCUT2D eigenvalue weighted by atomic mass is 32.2. The van der Waals surface area contributed by atoms with Crippen LogP contribution in [0.2, 0.25) is 0 Å². The Balaban J connectivity index is 0.691. The lowest BCUT2D eigenvalue weighted by Crippen LogP contribution is -2.38. The molecule has 3 N–H and O–H groups in total. The van der Waals surface area contributed by atoms with Crippen LogP contribution in [0.4, 0.5) is 5.69 Å². The van der Waals surface area contributed by atoms with Gasteiger partial charge >= 0.3 is 0 Å². The van der Waals surface area contributed by atoms with Crippen molar-refractivity contribution >= 4 is 59.8 Å². The zero-order valence-corrected chi connectivity index (χ0v) is 44.5. The van der Waals surface area contributed by atoms with Crippen molar-refractivity contribution in [2.75, 3.05) is 137 Å². The summed E-state index contributed by atoms with van der Waals surface area (Å²) in [5.74, 6) is 8.00.